The average molecular weight is 220 g/mol. The fourth-order valence-electron chi connectivity index (χ4n) is 2.33. The molecule has 1 aromatic carbocycles. The number of aliphatic hydroxyl groups is 1. The monoisotopic (exact) mass is 220 g/mol. The molecule has 1 unspecified atom stereocenters. The number of hydrogen-bond donors (Lipinski definition) is 1. The van der Waals surface area contributed by atoms with Crippen molar-refractivity contribution in [2.75, 3.05) is 19.8 Å². The molecule has 1 heterocycles. The average Bonchev–Trinajstić information content (AvgIpc) is 2.23. The summed E-state index contributed by atoms with van der Waals surface area (Å²) in [6.07, 6.45) is 1.01. The van der Waals surface area contributed by atoms with E-state index in [2.05, 4.69) is 38.1 Å². The van der Waals surface area contributed by atoms with E-state index in [-0.39, 0.29) is 12.0 Å². The van der Waals surface area contributed by atoms with Gasteiger partial charge in [0.15, 0.2) is 0 Å². The quantitative estimate of drug-likeness (QED) is 0.843. The highest BCUT2D eigenvalue weighted by Crippen LogP contribution is 2.33. The summed E-state index contributed by atoms with van der Waals surface area (Å²) in [7, 11) is 0. The van der Waals surface area contributed by atoms with Gasteiger partial charge in [0, 0.05) is 11.3 Å². The Morgan fingerprint density at radius 2 is 2.19 bits per heavy atom. The lowest BCUT2D eigenvalue weighted by Gasteiger charge is -2.36. The van der Waals surface area contributed by atoms with E-state index in [1.54, 1.807) is 0 Å². The van der Waals surface area contributed by atoms with Crippen LogP contribution in [0.15, 0.2) is 24.3 Å². The van der Waals surface area contributed by atoms with Gasteiger partial charge in [-0.25, -0.2) is 0 Å². The molecule has 0 bridgehead atoms. The maximum Gasteiger partial charge on any atom is 0.0525 e. The van der Waals surface area contributed by atoms with E-state index >= 15 is 0 Å². The largest absolute Gasteiger partial charge is 0.395 e. The second-order valence-corrected chi connectivity index (χ2v) is 5.20. The van der Waals surface area contributed by atoms with Gasteiger partial charge in [-0.2, -0.15) is 0 Å². The van der Waals surface area contributed by atoms with Gasteiger partial charge >= 0.3 is 0 Å². The molecule has 1 fully saturated rings. The Morgan fingerprint density at radius 1 is 1.44 bits per heavy atom. The summed E-state index contributed by atoms with van der Waals surface area (Å²) in [5.74, 6) is 0.609. The zero-order chi connectivity index (χ0) is 11.6. The fraction of sp³-hybridized carbons (Fsp3) is 0.571. The van der Waals surface area contributed by atoms with Crippen LogP contribution >= 0.6 is 0 Å². The van der Waals surface area contributed by atoms with Crippen molar-refractivity contribution < 1.29 is 9.84 Å². The number of aryl methyl sites for hydroxylation is 1. The molecule has 0 aliphatic carbocycles. The molecule has 1 atom stereocenters. The van der Waals surface area contributed by atoms with Crippen LogP contribution in [0.4, 0.5) is 0 Å². The second kappa shape index (κ2) is 4.56. The molecule has 1 aromatic rings. The Labute approximate surface area is 97.3 Å². The van der Waals surface area contributed by atoms with Gasteiger partial charge in [-0.15, -0.1) is 0 Å². The maximum atomic E-state index is 9.66. The summed E-state index contributed by atoms with van der Waals surface area (Å²) in [5, 5.41) is 9.66. The van der Waals surface area contributed by atoms with Crippen molar-refractivity contribution in [2.24, 2.45) is 5.92 Å². The van der Waals surface area contributed by atoms with Crippen molar-refractivity contribution in [3.8, 4) is 0 Å². The highest BCUT2D eigenvalue weighted by atomic mass is 16.5. The van der Waals surface area contributed by atoms with E-state index in [0.29, 0.717) is 5.92 Å². The van der Waals surface area contributed by atoms with Crippen molar-refractivity contribution >= 4 is 0 Å². The summed E-state index contributed by atoms with van der Waals surface area (Å²) in [5.41, 5.74) is 2.37. The third-order valence-corrected chi connectivity index (χ3v) is 3.51. The molecule has 0 aromatic heterocycles. The van der Waals surface area contributed by atoms with E-state index < -0.39 is 0 Å². The van der Waals surface area contributed by atoms with Gasteiger partial charge in [0.25, 0.3) is 0 Å². The van der Waals surface area contributed by atoms with Crippen LogP contribution in [-0.2, 0) is 10.2 Å². The Morgan fingerprint density at radius 3 is 2.69 bits per heavy atom. The van der Waals surface area contributed by atoms with Crippen LogP contribution in [0, 0.1) is 12.8 Å². The summed E-state index contributed by atoms with van der Waals surface area (Å²) in [6.45, 7) is 6.13. The highest BCUT2D eigenvalue weighted by Gasteiger charge is 2.32. The zero-order valence-electron chi connectivity index (χ0n) is 10.1. The Kier molecular flexibility index (Phi) is 3.31. The molecule has 88 valence electrons. The number of aliphatic hydroxyl groups excluding tert-OH is 1. The standard InChI is InChI=1S/C14H20O2/c1-11-4-3-5-13(6-11)14(2,10-15)7-12-8-16-9-12/h3-6,12,15H,7-10H2,1-2H3. The molecule has 2 heteroatoms. The van der Waals surface area contributed by atoms with Crippen LogP contribution in [-0.4, -0.2) is 24.9 Å². The summed E-state index contributed by atoms with van der Waals surface area (Å²) >= 11 is 0. The molecule has 0 radical (unpaired) electrons. The molecule has 0 saturated carbocycles. The first kappa shape index (κ1) is 11.6. The van der Waals surface area contributed by atoms with Crippen molar-refractivity contribution in [2.45, 2.75) is 25.7 Å². The molecule has 2 nitrogen and oxygen atoms in total. The minimum atomic E-state index is -0.125. The van der Waals surface area contributed by atoms with Gasteiger partial charge in [0.1, 0.15) is 0 Å². The van der Waals surface area contributed by atoms with Crippen LogP contribution in [0.2, 0.25) is 0 Å². The van der Waals surface area contributed by atoms with Gasteiger partial charge in [-0.05, 0) is 18.9 Å². The highest BCUT2D eigenvalue weighted by molar-refractivity contribution is 5.29. The topological polar surface area (TPSA) is 29.5 Å². The number of rotatable bonds is 4. The van der Waals surface area contributed by atoms with Crippen LogP contribution < -0.4 is 0 Å². The van der Waals surface area contributed by atoms with Crippen molar-refractivity contribution in [1.82, 2.24) is 0 Å². The molecule has 1 saturated heterocycles. The van der Waals surface area contributed by atoms with Crippen molar-refractivity contribution in [3.05, 3.63) is 35.4 Å². The molecule has 0 spiro atoms. The first-order valence-electron chi connectivity index (χ1n) is 5.90. The van der Waals surface area contributed by atoms with E-state index in [4.69, 9.17) is 4.74 Å². The van der Waals surface area contributed by atoms with Crippen molar-refractivity contribution in [1.29, 1.82) is 0 Å². The van der Waals surface area contributed by atoms with Crippen LogP contribution in [0.5, 0.6) is 0 Å². The van der Waals surface area contributed by atoms with Crippen LogP contribution in [0.3, 0.4) is 0 Å². The SMILES string of the molecule is Cc1cccc(C(C)(CO)CC2COC2)c1. The van der Waals surface area contributed by atoms with Gasteiger partial charge in [0.2, 0.25) is 0 Å². The second-order valence-electron chi connectivity index (χ2n) is 5.20. The van der Waals surface area contributed by atoms with Gasteiger partial charge in [0.05, 0.1) is 19.8 Å². The molecular weight excluding hydrogens is 200 g/mol. The number of hydrogen-bond acceptors (Lipinski definition) is 2. The lowest BCUT2D eigenvalue weighted by atomic mass is 9.75. The van der Waals surface area contributed by atoms with Gasteiger partial charge < -0.3 is 9.84 Å². The molecule has 0 amide bonds. The molecular formula is C14H20O2. The lowest BCUT2D eigenvalue weighted by Crippen LogP contribution is -2.37. The smallest absolute Gasteiger partial charge is 0.0525 e. The zero-order valence-corrected chi connectivity index (χ0v) is 10.1. The molecule has 16 heavy (non-hydrogen) atoms. The van der Waals surface area contributed by atoms with E-state index in [1.165, 1.54) is 11.1 Å². The van der Waals surface area contributed by atoms with Crippen LogP contribution in [0.25, 0.3) is 0 Å². The summed E-state index contributed by atoms with van der Waals surface area (Å²) in [6, 6.07) is 8.45. The first-order valence-corrected chi connectivity index (χ1v) is 5.90. The van der Waals surface area contributed by atoms with Gasteiger partial charge in [-0.1, -0.05) is 36.8 Å². The third kappa shape index (κ3) is 2.28. The number of benzene rings is 1. The molecule has 1 N–H and O–H groups in total. The number of ether oxygens (including phenoxy) is 1. The third-order valence-electron chi connectivity index (χ3n) is 3.51. The Balaban J connectivity index is 2.18. The summed E-state index contributed by atoms with van der Waals surface area (Å²) < 4.78 is 5.20. The van der Waals surface area contributed by atoms with E-state index in [9.17, 15) is 5.11 Å². The minimum absolute atomic E-state index is 0.125. The Bertz CT molecular complexity index is 358. The maximum absolute atomic E-state index is 9.66. The lowest BCUT2D eigenvalue weighted by molar-refractivity contribution is -0.0485. The summed E-state index contributed by atoms with van der Waals surface area (Å²) in [4.78, 5) is 0. The normalized spacial score (nSPS) is 20.2. The predicted molar refractivity (Wildman–Crippen MR) is 64.5 cm³/mol. The Hall–Kier alpha value is -0.860. The van der Waals surface area contributed by atoms with Crippen molar-refractivity contribution in [3.63, 3.8) is 0 Å². The molecule has 2 rings (SSSR count). The fourth-order valence-corrected chi connectivity index (χ4v) is 2.33. The molecule has 1 aliphatic rings. The minimum Gasteiger partial charge on any atom is -0.395 e. The van der Waals surface area contributed by atoms with E-state index in [0.717, 1.165) is 19.6 Å². The van der Waals surface area contributed by atoms with Crippen LogP contribution in [0.1, 0.15) is 24.5 Å². The van der Waals surface area contributed by atoms with E-state index in [1.807, 2.05) is 0 Å². The first-order chi connectivity index (χ1) is 7.64. The van der Waals surface area contributed by atoms with Gasteiger partial charge in [-0.3, -0.25) is 0 Å². The predicted octanol–water partition coefficient (Wildman–Crippen LogP) is 2.28. The molecule has 1 aliphatic heterocycles.